The van der Waals surface area contributed by atoms with Crippen LogP contribution in [0.4, 0.5) is 0 Å². The minimum Gasteiger partial charge on any atom is -0.250 e. The normalized spacial score (nSPS) is 8.93. The predicted octanol–water partition coefficient (Wildman–Crippen LogP) is 3.95. The summed E-state index contributed by atoms with van der Waals surface area (Å²) in [5, 5.41) is 1.72. The van der Waals surface area contributed by atoms with Crippen LogP contribution < -0.4 is 0 Å². The van der Waals surface area contributed by atoms with Gasteiger partial charge in [0.25, 0.3) is 0 Å². The third-order valence-corrected chi connectivity index (χ3v) is 2.56. The molecule has 1 nitrogen and oxygen atoms in total. The lowest BCUT2D eigenvalue weighted by atomic mass is 10.2. The molecule has 78 valence electrons. The summed E-state index contributed by atoms with van der Waals surface area (Å²) >= 11 is 7.33. The van der Waals surface area contributed by atoms with Crippen molar-refractivity contribution in [3.63, 3.8) is 0 Å². The molecular formula is C12H12BrNS. The van der Waals surface area contributed by atoms with E-state index in [0.29, 0.717) is 0 Å². The first-order valence-electron chi connectivity index (χ1n) is 4.53. The van der Waals surface area contributed by atoms with Gasteiger partial charge in [0.15, 0.2) is 0 Å². The predicted molar refractivity (Wildman–Crippen MR) is 70.6 cm³/mol. The molecule has 0 aliphatic heterocycles. The molecule has 2 aromatic rings. The third kappa shape index (κ3) is 5.60. The Bertz CT molecular complexity index is 364. The zero-order valence-electron chi connectivity index (χ0n) is 8.18. The Hall–Kier alpha value is -0.800. The molecule has 15 heavy (non-hydrogen) atoms. The number of pyridine rings is 1. The fourth-order valence-electron chi connectivity index (χ4n) is 0.921. The minimum atomic E-state index is 0.766. The monoisotopic (exact) mass is 281 g/mol. The largest absolute Gasteiger partial charge is 0.250 e. The van der Waals surface area contributed by atoms with Crippen LogP contribution in [0.25, 0.3) is 0 Å². The summed E-state index contributed by atoms with van der Waals surface area (Å²) in [6, 6.07) is 15.9. The van der Waals surface area contributed by atoms with E-state index in [1.54, 1.807) is 6.20 Å². The Kier molecular flexibility index (Phi) is 6.12. The summed E-state index contributed by atoms with van der Waals surface area (Å²) < 4.78 is 0. The Labute approximate surface area is 104 Å². The highest BCUT2D eigenvalue weighted by atomic mass is 79.9. The molecular weight excluding hydrogens is 270 g/mol. The van der Waals surface area contributed by atoms with Gasteiger partial charge in [0.05, 0.1) is 5.03 Å². The highest BCUT2D eigenvalue weighted by molar-refractivity contribution is 9.08. The van der Waals surface area contributed by atoms with Crippen molar-refractivity contribution in [1.29, 1.82) is 0 Å². The number of thiol groups is 1. The molecule has 1 aromatic carbocycles. The van der Waals surface area contributed by atoms with E-state index >= 15 is 0 Å². The van der Waals surface area contributed by atoms with Gasteiger partial charge in [-0.15, -0.1) is 12.6 Å². The Morgan fingerprint density at radius 3 is 2.00 bits per heavy atom. The van der Waals surface area contributed by atoms with Gasteiger partial charge in [-0.3, -0.25) is 4.98 Å². The molecule has 0 atom stereocenters. The van der Waals surface area contributed by atoms with Crippen molar-refractivity contribution in [2.45, 2.75) is 10.4 Å². The first kappa shape index (κ1) is 12.3. The average Bonchev–Trinajstić information content (AvgIpc) is 2.32. The van der Waals surface area contributed by atoms with Crippen LogP contribution in [-0.2, 0) is 5.33 Å². The first-order chi connectivity index (χ1) is 7.33. The molecule has 0 N–H and O–H groups in total. The molecule has 0 aliphatic rings. The van der Waals surface area contributed by atoms with Crippen LogP contribution in [0.3, 0.4) is 0 Å². The average molecular weight is 282 g/mol. The summed E-state index contributed by atoms with van der Waals surface area (Å²) in [6.07, 6.45) is 1.71. The molecule has 0 bridgehead atoms. The van der Waals surface area contributed by atoms with Crippen LogP contribution in [0.15, 0.2) is 59.8 Å². The van der Waals surface area contributed by atoms with Gasteiger partial charge in [0.1, 0.15) is 0 Å². The molecule has 0 aliphatic carbocycles. The van der Waals surface area contributed by atoms with Crippen molar-refractivity contribution in [1.82, 2.24) is 4.98 Å². The summed E-state index contributed by atoms with van der Waals surface area (Å²) in [7, 11) is 0. The summed E-state index contributed by atoms with van der Waals surface area (Å²) in [6.45, 7) is 0. The molecule has 0 fully saturated rings. The molecule has 0 amide bonds. The van der Waals surface area contributed by atoms with E-state index in [-0.39, 0.29) is 0 Å². The van der Waals surface area contributed by atoms with Gasteiger partial charge in [-0.1, -0.05) is 52.3 Å². The second-order valence-electron chi connectivity index (χ2n) is 2.81. The van der Waals surface area contributed by atoms with E-state index in [0.717, 1.165) is 10.4 Å². The van der Waals surface area contributed by atoms with E-state index in [1.165, 1.54) is 5.56 Å². The number of halogens is 1. The number of rotatable bonds is 1. The minimum absolute atomic E-state index is 0.766. The van der Waals surface area contributed by atoms with Crippen LogP contribution in [0.5, 0.6) is 0 Å². The third-order valence-electron chi connectivity index (χ3n) is 1.65. The van der Waals surface area contributed by atoms with Crippen molar-refractivity contribution in [3.8, 4) is 0 Å². The molecule has 0 spiro atoms. The molecule has 0 saturated heterocycles. The van der Waals surface area contributed by atoms with Crippen molar-refractivity contribution in [2.75, 3.05) is 0 Å². The zero-order chi connectivity index (χ0) is 10.9. The van der Waals surface area contributed by atoms with Gasteiger partial charge in [0, 0.05) is 11.5 Å². The molecule has 0 unspecified atom stereocenters. The van der Waals surface area contributed by atoms with Gasteiger partial charge >= 0.3 is 0 Å². The standard InChI is InChI=1S/C7H7Br.C5H5NS/c8-6-7-4-2-1-3-5-7;7-5-3-1-2-4-6-5/h1-5H,6H2;1-4H,(H,6,7). The molecule has 0 saturated carbocycles. The first-order valence-corrected chi connectivity index (χ1v) is 6.09. The summed E-state index contributed by atoms with van der Waals surface area (Å²) in [5.41, 5.74) is 1.33. The maximum atomic E-state index is 3.97. The molecule has 0 radical (unpaired) electrons. The Morgan fingerprint density at radius 1 is 1.00 bits per heavy atom. The quantitative estimate of drug-likeness (QED) is 0.617. The number of benzene rings is 1. The van der Waals surface area contributed by atoms with E-state index < -0.39 is 0 Å². The van der Waals surface area contributed by atoms with Crippen LogP contribution in [-0.4, -0.2) is 4.98 Å². The maximum Gasteiger partial charge on any atom is 0.0929 e. The molecule has 1 aromatic heterocycles. The smallest absolute Gasteiger partial charge is 0.0929 e. The topological polar surface area (TPSA) is 12.9 Å². The van der Waals surface area contributed by atoms with Gasteiger partial charge in [-0.05, 0) is 17.7 Å². The highest BCUT2D eigenvalue weighted by Crippen LogP contribution is 2.02. The number of hydrogen-bond acceptors (Lipinski definition) is 2. The van der Waals surface area contributed by atoms with Crippen molar-refractivity contribution in [3.05, 3.63) is 60.3 Å². The highest BCUT2D eigenvalue weighted by Gasteiger charge is 1.81. The summed E-state index contributed by atoms with van der Waals surface area (Å²) in [4.78, 5) is 3.84. The molecule has 1 heterocycles. The van der Waals surface area contributed by atoms with Crippen molar-refractivity contribution < 1.29 is 0 Å². The van der Waals surface area contributed by atoms with Crippen LogP contribution in [0.1, 0.15) is 5.56 Å². The van der Waals surface area contributed by atoms with E-state index in [9.17, 15) is 0 Å². The molecule has 3 heteroatoms. The lowest BCUT2D eigenvalue weighted by Crippen LogP contribution is -1.70. The number of hydrogen-bond donors (Lipinski definition) is 1. The zero-order valence-corrected chi connectivity index (χ0v) is 10.7. The number of nitrogens with zero attached hydrogens (tertiary/aromatic N) is 1. The van der Waals surface area contributed by atoms with E-state index in [2.05, 4.69) is 45.7 Å². The number of alkyl halides is 1. The second kappa shape index (κ2) is 7.49. The van der Waals surface area contributed by atoms with Crippen molar-refractivity contribution >= 4 is 28.6 Å². The Balaban J connectivity index is 0.000000151. The lowest BCUT2D eigenvalue weighted by molar-refractivity contribution is 1.14. The van der Waals surface area contributed by atoms with Gasteiger partial charge in [-0.25, -0.2) is 0 Å². The van der Waals surface area contributed by atoms with Gasteiger partial charge in [-0.2, -0.15) is 0 Å². The van der Waals surface area contributed by atoms with Gasteiger partial charge < -0.3 is 0 Å². The fraction of sp³-hybridized carbons (Fsp3) is 0.0833. The second-order valence-corrected chi connectivity index (χ2v) is 3.83. The Morgan fingerprint density at radius 2 is 1.67 bits per heavy atom. The van der Waals surface area contributed by atoms with E-state index in [1.807, 2.05) is 36.4 Å². The lowest BCUT2D eigenvalue weighted by Gasteiger charge is -1.88. The maximum absolute atomic E-state index is 3.97. The van der Waals surface area contributed by atoms with E-state index in [4.69, 9.17) is 0 Å². The van der Waals surface area contributed by atoms with Crippen LogP contribution >= 0.6 is 28.6 Å². The molecule has 2 rings (SSSR count). The number of aromatic nitrogens is 1. The SMILES string of the molecule is BrCc1ccccc1.Sc1ccccn1. The van der Waals surface area contributed by atoms with Crippen LogP contribution in [0.2, 0.25) is 0 Å². The van der Waals surface area contributed by atoms with Crippen molar-refractivity contribution in [2.24, 2.45) is 0 Å². The van der Waals surface area contributed by atoms with Crippen LogP contribution in [0, 0.1) is 0 Å². The summed E-state index contributed by atoms with van der Waals surface area (Å²) in [5.74, 6) is 0. The fourth-order valence-corrected chi connectivity index (χ4v) is 1.45. The van der Waals surface area contributed by atoms with Gasteiger partial charge in [0.2, 0.25) is 0 Å².